The molecule has 1 N–H and O–H groups in total. The lowest BCUT2D eigenvalue weighted by molar-refractivity contribution is -0.187. The molecule has 2 saturated heterocycles. The maximum Gasteiger partial charge on any atom is 0.233 e. The Bertz CT molecular complexity index is 611. The highest BCUT2D eigenvalue weighted by atomic mass is 16.7. The number of piperidine rings is 1. The van der Waals surface area contributed by atoms with Crippen molar-refractivity contribution in [1.82, 2.24) is 4.90 Å². The fourth-order valence-corrected chi connectivity index (χ4v) is 3.29. The van der Waals surface area contributed by atoms with Gasteiger partial charge in [0.25, 0.3) is 0 Å². The van der Waals surface area contributed by atoms with Gasteiger partial charge >= 0.3 is 0 Å². The van der Waals surface area contributed by atoms with E-state index >= 15 is 0 Å². The Balaban J connectivity index is 1.47. The smallest absolute Gasteiger partial charge is 0.233 e. The maximum absolute atomic E-state index is 12.3. The van der Waals surface area contributed by atoms with Gasteiger partial charge in [0.1, 0.15) is 6.42 Å². The van der Waals surface area contributed by atoms with Gasteiger partial charge in [-0.3, -0.25) is 9.59 Å². The standard InChI is InChI=1S/C19H26N2O4/c1-14(2)15-3-5-16(6-4-15)20-17(22)13-18(23)21-9-7-19(8-10-21)24-11-12-25-19/h3-6,14H,7-13H2,1-2H3,(H,20,22). The van der Waals surface area contributed by atoms with Crippen LogP contribution in [0.15, 0.2) is 24.3 Å². The first kappa shape index (κ1) is 17.9. The molecule has 0 atom stereocenters. The number of carbonyl (C=O) groups excluding carboxylic acids is 2. The van der Waals surface area contributed by atoms with Crippen LogP contribution in [0.4, 0.5) is 5.69 Å². The van der Waals surface area contributed by atoms with Crippen LogP contribution in [0.5, 0.6) is 0 Å². The molecule has 2 amide bonds. The molecule has 0 unspecified atom stereocenters. The Kier molecular flexibility index (Phi) is 5.39. The molecule has 25 heavy (non-hydrogen) atoms. The van der Waals surface area contributed by atoms with E-state index in [1.54, 1.807) is 4.90 Å². The molecule has 0 aromatic heterocycles. The van der Waals surface area contributed by atoms with Gasteiger partial charge in [-0.2, -0.15) is 0 Å². The van der Waals surface area contributed by atoms with E-state index in [1.165, 1.54) is 5.56 Å². The molecule has 0 saturated carbocycles. The van der Waals surface area contributed by atoms with E-state index in [0.717, 1.165) is 0 Å². The lowest BCUT2D eigenvalue weighted by Crippen LogP contribution is -2.47. The number of rotatable bonds is 4. The van der Waals surface area contributed by atoms with Crippen LogP contribution in [0, 0.1) is 0 Å². The molecule has 1 aromatic carbocycles. The average Bonchev–Trinajstić information content (AvgIpc) is 3.04. The molecule has 1 aromatic rings. The highest BCUT2D eigenvalue weighted by Crippen LogP contribution is 2.31. The monoisotopic (exact) mass is 346 g/mol. The number of ether oxygens (including phenoxy) is 2. The van der Waals surface area contributed by atoms with Gasteiger partial charge < -0.3 is 19.7 Å². The minimum Gasteiger partial charge on any atom is -0.347 e. The van der Waals surface area contributed by atoms with Crippen LogP contribution in [-0.2, 0) is 19.1 Å². The number of likely N-dealkylation sites (tertiary alicyclic amines) is 1. The van der Waals surface area contributed by atoms with Crippen molar-refractivity contribution in [1.29, 1.82) is 0 Å². The highest BCUT2D eigenvalue weighted by Gasteiger charge is 2.40. The van der Waals surface area contributed by atoms with E-state index in [1.807, 2.05) is 24.3 Å². The third-order valence-electron chi connectivity index (χ3n) is 4.86. The van der Waals surface area contributed by atoms with Crippen molar-refractivity contribution < 1.29 is 19.1 Å². The van der Waals surface area contributed by atoms with Gasteiger partial charge in [0.15, 0.2) is 5.79 Å². The van der Waals surface area contributed by atoms with Gasteiger partial charge in [-0.25, -0.2) is 0 Å². The van der Waals surface area contributed by atoms with Crippen molar-refractivity contribution in [2.75, 3.05) is 31.6 Å². The third-order valence-corrected chi connectivity index (χ3v) is 4.86. The normalized spacial score (nSPS) is 19.4. The molecule has 3 rings (SSSR count). The fraction of sp³-hybridized carbons (Fsp3) is 0.579. The summed E-state index contributed by atoms with van der Waals surface area (Å²) >= 11 is 0. The van der Waals surface area contributed by atoms with Crippen LogP contribution >= 0.6 is 0 Å². The van der Waals surface area contributed by atoms with Crippen molar-refractivity contribution in [3.63, 3.8) is 0 Å². The molecule has 6 nitrogen and oxygen atoms in total. The van der Waals surface area contributed by atoms with Crippen molar-refractivity contribution in [2.45, 2.75) is 44.8 Å². The Morgan fingerprint density at radius 1 is 1.12 bits per heavy atom. The van der Waals surface area contributed by atoms with Gasteiger partial charge in [-0.05, 0) is 23.6 Å². The number of amides is 2. The van der Waals surface area contributed by atoms with Crippen molar-refractivity contribution in [2.24, 2.45) is 0 Å². The van der Waals surface area contributed by atoms with Crippen molar-refractivity contribution in [3.8, 4) is 0 Å². The second-order valence-electron chi connectivity index (χ2n) is 6.99. The predicted molar refractivity (Wildman–Crippen MR) is 94.2 cm³/mol. The lowest BCUT2D eigenvalue weighted by Gasteiger charge is -2.37. The number of nitrogens with one attached hydrogen (secondary N) is 1. The van der Waals surface area contributed by atoms with Crippen LogP contribution in [0.2, 0.25) is 0 Å². The van der Waals surface area contributed by atoms with Crippen LogP contribution < -0.4 is 5.32 Å². The first-order valence-corrected chi connectivity index (χ1v) is 8.93. The lowest BCUT2D eigenvalue weighted by atomic mass is 10.0. The van der Waals surface area contributed by atoms with Gasteiger partial charge in [0.2, 0.25) is 11.8 Å². The maximum atomic E-state index is 12.3. The molecule has 2 fully saturated rings. The molecule has 1 spiro atoms. The Labute approximate surface area is 148 Å². The third kappa shape index (κ3) is 4.38. The summed E-state index contributed by atoms with van der Waals surface area (Å²) in [7, 11) is 0. The second kappa shape index (κ2) is 7.54. The summed E-state index contributed by atoms with van der Waals surface area (Å²) < 4.78 is 11.3. The van der Waals surface area contributed by atoms with E-state index in [2.05, 4.69) is 19.2 Å². The molecule has 0 aliphatic carbocycles. The number of anilines is 1. The molecule has 2 aliphatic heterocycles. The van der Waals surface area contributed by atoms with Crippen LogP contribution in [0.3, 0.4) is 0 Å². The van der Waals surface area contributed by atoms with Gasteiger partial charge in [0.05, 0.1) is 13.2 Å². The first-order chi connectivity index (χ1) is 12.0. The van der Waals surface area contributed by atoms with Crippen LogP contribution in [-0.4, -0.2) is 48.8 Å². The largest absolute Gasteiger partial charge is 0.347 e. The van der Waals surface area contributed by atoms with Gasteiger partial charge in [0, 0.05) is 31.6 Å². The quantitative estimate of drug-likeness (QED) is 0.851. The zero-order valence-electron chi connectivity index (χ0n) is 14.9. The molecule has 6 heteroatoms. The van der Waals surface area contributed by atoms with E-state index in [9.17, 15) is 9.59 Å². The minimum atomic E-state index is -0.503. The Hall–Kier alpha value is -1.92. The summed E-state index contributed by atoms with van der Waals surface area (Å²) in [5.41, 5.74) is 1.93. The topological polar surface area (TPSA) is 67.9 Å². The Morgan fingerprint density at radius 3 is 2.28 bits per heavy atom. The van der Waals surface area contributed by atoms with Crippen molar-refractivity contribution in [3.05, 3.63) is 29.8 Å². The molecule has 2 heterocycles. The molecular formula is C19H26N2O4. The van der Waals surface area contributed by atoms with Crippen molar-refractivity contribution >= 4 is 17.5 Å². The minimum absolute atomic E-state index is 0.138. The first-order valence-electron chi connectivity index (χ1n) is 8.93. The summed E-state index contributed by atoms with van der Waals surface area (Å²) in [6, 6.07) is 7.73. The molecule has 0 radical (unpaired) electrons. The summed E-state index contributed by atoms with van der Waals surface area (Å²) in [5.74, 6) is -0.487. The number of nitrogens with zero attached hydrogens (tertiary/aromatic N) is 1. The highest BCUT2D eigenvalue weighted by molar-refractivity contribution is 6.03. The predicted octanol–water partition coefficient (Wildman–Crippen LogP) is 2.50. The van der Waals surface area contributed by atoms with Crippen LogP contribution in [0.1, 0.15) is 44.6 Å². The fourth-order valence-electron chi connectivity index (χ4n) is 3.29. The summed E-state index contributed by atoms with van der Waals surface area (Å²) in [6.07, 6.45) is 1.19. The summed E-state index contributed by atoms with van der Waals surface area (Å²) in [5, 5.41) is 2.79. The average molecular weight is 346 g/mol. The zero-order chi connectivity index (χ0) is 17.9. The van der Waals surface area contributed by atoms with Gasteiger partial charge in [-0.15, -0.1) is 0 Å². The van der Waals surface area contributed by atoms with Crippen LogP contribution in [0.25, 0.3) is 0 Å². The second-order valence-corrected chi connectivity index (χ2v) is 6.99. The zero-order valence-corrected chi connectivity index (χ0v) is 14.9. The molecule has 136 valence electrons. The summed E-state index contributed by atoms with van der Waals surface area (Å²) in [4.78, 5) is 26.2. The SMILES string of the molecule is CC(C)c1ccc(NC(=O)CC(=O)N2CCC3(CC2)OCCO3)cc1. The molecule has 2 aliphatic rings. The number of carbonyl (C=O) groups is 2. The van der Waals surface area contributed by atoms with E-state index < -0.39 is 5.79 Å². The van der Waals surface area contributed by atoms with E-state index in [0.29, 0.717) is 50.8 Å². The van der Waals surface area contributed by atoms with E-state index in [-0.39, 0.29) is 18.2 Å². The number of hydrogen-bond acceptors (Lipinski definition) is 4. The molecule has 0 bridgehead atoms. The summed E-state index contributed by atoms with van der Waals surface area (Å²) in [6.45, 7) is 6.61. The molecular weight excluding hydrogens is 320 g/mol. The van der Waals surface area contributed by atoms with E-state index in [4.69, 9.17) is 9.47 Å². The number of benzene rings is 1. The van der Waals surface area contributed by atoms with Gasteiger partial charge in [-0.1, -0.05) is 26.0 Å². The Morgan fingerprint density at radius 2 is 1.72 bits per heavy atom. The number of hydrogen-bond donors (Lipinski definition) is 1.